The monoisotopic (exact) mass is 403 g/mol. The summed E-state index contributed by atoms with van der Waals surface area (Å²) >= 11 is 0. The molecular formula is C22H21FeNO3-2. The van der Waals surface area contributed by atoms with E-state index in [1.54, 1.807) is 43.3 Å². The van der Waals surface area contributed by atoms with Crippen molar-refractivity contribution in [2.75, 3.05) is 11.9 Å². The number of para-hydroxylation sites is 1. The first-order chi connectivity index (χ1) is 12.7. The molecule has 0 bridgehead atoms. The number of carbonyl (C=O) groups excluding carboxylic acids is 2. The number of anilines is 1. The molecular weight excluding hydrogens is 382 g/mol. The van der Waals surface area contributed by atoms with E-state index in [9.17, 15) is 9.59 Å². The Morgan fingerprint density at radius 1 is 1.04 bits per heavy atom. The van der Waals surface area contributed by atoms with E-state index >= 15 is 0 Å². The van der Waals surface area contributed by atoms with Crippen molar-refractivity contribution < 1.29 is 31.4 Å². The zero-order valence-corrected chi connectivity index (χ0v) is 16.0. The van der Waals surface area contributed by atoms with E-state index in [0.29, 0.717) is 11.3 Å². The molecule has 0 saturated heterocycles. The van der Waals surface area contributed by atoms with Crippen molar-refractivity contribution in [3.8, 4) is 0 Å². The molecule has 0 unspecified atom stereocenters. The zero-order chi connectivity index (χ0) is 18.6. The van der Waals surface area contributed by atoms with Gasteiger partial charge >= 0.3 is 5.97 Å². The van der Waals surface area contributed by atoms with Crippen LogP contribution in [0.1, 0.15) is 17.3 Å². The number of rotatable bonds is 6. The number of allylic oxidation sites excluding steroid dienone is 1. The van der Waals surface area contributed by atoms with E-state index in [1.165, 1.54) is 6.08 Å². The van der Waals surface area contributed by atoms with Gasteiger partial charge in [-0.25, -0.2) is 16.9 Å². The first kappa shape index (κ1) is 22.2. The Morgan fingerprint density at radius 2 is 1.67 bits per heavy atom. The summed E-state index contributed by atoms with van der Waals surface area (Å²) < 4.78 is 4.97. The van der Waals surface area contributed by atoms with Gasteiger partial charge in [0.05, 0.1) is 12.3 Å². The van der Waals surface area contributed by atoms with E-state index in [1.807, 2.05) is 48.5 Å². The topological polar surface area (TPSA) is 55.4 Å². The van der Waals surface area contributed by atoms with Crippen molar-refractivity contribution >= 4 is 17.4 Å². The smallest absolute Gasteiger partial charge is 0.345 e. The fraction of sp³-hybridized carbons (Fsp3) is 0.0909. The van der Waals surface area contributed by atoms with E-state index < -0.39 is 5.97 Å². The second kappa shape index (κ2) is 12.5. The summed E-state index contributed by atoms with van der Waals surface area (Å²) in [5, 5.41) is 2.92. The van der Waals surface area contributed by atoms with Gasteiger partial charge in [0.25, 0.3) is 0 Å². The van der Waals surface area contributed by atoms with Crippen LogP contribution < -0.4 is 5.32 Å². The molecule has 0 radical (unpaired) electrons. The first-order valence-corrected chi connectivity index (χ1v) is 8.34. The number of ketones is 1. The Labute approximate surface area is 170 Å². The van der Waals surface area contributed by atoms with Crippen molar-refractivity contribution in [3.05, 3.63) is 102 Å². The third kappa shape index (κ3) is 7.90. The number of hydrogen-bond acceptors (Lipinski definition) is 4. The van der Waals surface area contributed by atoms with Crippen LogP contribution in [0, 0.1) is 0 Å². The molecule has 0 fully saturated rings. The van der Waals surface area contributed by atoms with E-state index in [2.05, 4.69) is 5.32 Å². The van der Waals surface area contributed by atoms with Crippen LogP contribution in [-0.2, 0) is 26.6 Å². The molecule has 5 heteroatoms. The first-order valence-electron chi connectivity index (χ1n) is 8.34. The van der Waals surface area contributed by atoms with Gasteiger partial charge in [0.15, 0.2) is 0 Å². The van der Waals surface area contributed by atoms with Crippen molar-refractivity contribution in [1.29, 1.82) is 0 Å². The Hall–Kier alpha value is -2.88. The van der Waals surface area contributed by atoms with Crippen LogP contribution >= 0.6 is 0 Å². The molecule has 0 aliphatic rings. The number of ether oxygens (including phenoxy) is 1. The standard InChI is InChI=1S/C17H16NO3.C5H5.Fe/c1-2-21-17(20)15(18-14-10-4-3-5-11-14)12-16(19)13-8-6-7-9-13;1-2-4-5-3-1;/h3-12,18H,2H2,1H3;1-5H;/q2*-1;. The molecule has 0 aromatic heterocycles. The Kier molecular flexibility index (Phi) is 10.2. The fourth-order valence-electron chi connectivity index (χ4n) is 2.11. The number of hydrogen-bond donors (Lipinski definition) is 1. The maximum Gasteiger partial charge on any atom is 0.345 e. The van der Waals surface area contributed by atoms with Crippen molar-refractivity contribution in [2.24, 2.45) is 0 Å². The number of benzene rings is 1. The predicted molar refractivity (Wildman–Crippen MR) is 103 cm³/mol. The Balaban J connectivity index is 0.000000526. The molecule has 3 aromatic rings. The van der Waals surface area contributed by atoms with Gasteiger partial charge in [-0.05, 0) is 19.1 Å². The van der Waals surface area contributed by atoms with Gasteiger partial charge in [-0.1, -0.05) is 29.8 Å². The summed E-state index contributed by atoms with van der Waals surface area (Å²) in [6.45, 7) is 1.97. The van der Waals surface area contributed by atoms with Crippen molar-refractivity contribution in [1.82, 2.24) is 0 Å². The van der Waals surface area contributed by atoms with Crippen molar-refractivity contribution in [2.45, 2.75) is 6.92 Å². The summed E-state index contributed by atoms with van der Waals surface area (Å²) in [6, 6.07) is 26.1. The summed E-state index contributed by atoms with van der Waals surface area (Å²) in [5.74, 6) is -0.798. The molecule has 27 heavy (non-hydrogen) atoms. The summed E-state index contributed by atoms with van der Waals surface area (Å²) in [4.78, 5) is 24.0. The molecule has 0 heterocycles. The second-order valence-corrected chi connectivity index (χ2v) is 5.27. The summed E-state index contributed by atoms with van der Waals surface area (Å²) in [6.07, 6.45) is 1.26. The molecule has 142 valence electrons. The number of nitrogens with one attached hydrogen (secondary N) is 1. The van der Waals surface area contributed by atoms with Gasteiger partial charge in [0.1, 0.15) is 5.78 Å². The maximum atomic E-state index is 12.1. The van der Waals surface area contributed by atoms with Gasteiger partial charge in [-0.2, -0.15) is 30.3 Å². The largest absolute Gasteiger partial charge is 0.462 e. The molecule has 0 aliphatic carbocycles. The second-order valence-electron chi connectivity index (χ2n) is 5.27. The van der Waals surface area contributed by atoms with Gasteiger partial charge < -0.3 is 14.8 Å². The van der Waals surface area contributed by atoms with Gasteiger partial charge in [0, 0.05) is 22.8 Å². The number of carbonyl (C=O) groups is 2. The summed E-state index contributed by atoms with van der Waals surface area (Å²) in [7, 11) is 0. The van der Waals surface area contributed by atoms with E-state index in [4.69, 9.17) is 4.74 Å². The molecule has 3 rings (SSSR count). The van der Waals surface area contributed by atoms with Crippen LogP contribution in [0.5, 0.6) is 0 Å². The van der Waals surface area contributed by atoms with E-state index in [-0.39, 0.29) is 35.2 Å². The van der Waals surface area contributed by atoms with Crippen molar-refractivity contribution in [3.63, 3.8) is 0 Å². The third-order valence-electron chi connectivity index (χ3n) is 3.33. The van der Waals surface area contributed by atoms with Crippen LogP contribution in [0.25, 0.3) is 0 Å². The molecule has 0 saturated carbocycles. The average Bonchev–Trinajstić information content (AvgIpc) is 3.38. The van der Waals surface area contributed by atoms with Gasteiger partial charge in [0.2, 0.25) is 0 Å². The molecule has 3 aromatic carbocycles. The quantitative estimate of drug-likeness (QED) is 0.216. The Morgan fingerprint density at radius 3 is 2.19 bits per heavy atom. The molecule has 4 nitrogen and oxygen atoms in total. The normalized spacial score (nSPS) is 10.0. The average molecular weight is 403 g/mol. The van der Waals surface area contributed by atoms with Gasteiger partial charge in [-0.3, -0.25) is 0 Å². The minimum Gasteiger partial charge on any atom is -0.462 e. The molecule has 0 atom stereocenters. The van der Waals surface area contributed by atoms with Crippen LogP contribution in [0.15, 0.2) is 96.7 Å². The molecule has 1 N–H and O–H groups in total. The third-order valence-corrected chi connectivity index (χ3v) is 3.33. The minimum absolute atomic E-state index is 0. The fourth-order valence-corrected chi connectivity index (χ4v) is 2.11. The Bertz CT molecular complexity index is 789. The molecule has 0 amide bonds. The molecule has 0 aliphatic heterocycles. The van der Waals surface area contributed by atoms with E-state index in [0.717, 1.165) is 0 Å². The predicted octanol–water partition coefficient (Wildman–Crippen LogP) is 4.55. The SMILES string of the molecule is CCOC(=O)C(=CC(=O)[c-]1cccc1)Nc1ccccc1.[Fe].c1cc[cH-]c1. The molecule has 0 spiro atoms. The van der Waals surface area contributed by atoms with Crippen LogP contribution in [-0.4, -0.2) is 18.4 Å². The van der Waals surface area contributed by atoms with Crippen LogP contribution in [0.4, 0.5) is 5.69 Å². The minimum atomic E-state index is -0.554. The maximum absolute atomic E-state index is 12.1. The summed E-state index contributed by atoms with van der Waals surface area (Å²) in [5.41, 5.74) is 1.37. The zero-order valence-electron chi connectivity index (χ0n) is 14.9. The van der Waals surface area contributed by atoms with Crippen LogP contribution in [0.2, 0.25) is 0 Å². The number of esters is 1. The van der Waals surface area contributed by atoms with Crippen LogP contribution in [0.3, 0.4) is 0 Å². The van der Waals surface area contributed by atoms with Gasteiger partial charge in [-0.15, -0.1) is 12.1 Å².